The summed E-state index contributed by atoms with van der Waals surface area (Å²) < 4.78 is 50.3. The van der Waals surface area contributed by atoms with Gasteiger partial charge in [-0.3, -0.25) is 0 Å². The lowest BCUT2D eigenvalue weighted by Crippen LogP contribution is -2.28. The molecule has 2 rings (SSSR count). The third kappa shape index (κ3) is 4.66. The Kier molecular flexibility index (Phi) is 5.79. The second kappa shape index (κ2) is 7.46. The molecule has 1 unspecified atom stereocenters. The summed E-state index contributed by atoms with van der Waals surface area (Å²) in [6.45, 7) is 2.30. The average Bonchev–Trinajstić information content (AvgIpc) is 2.56. The molecular weight excluding hydrogens is 346 g/mol. The molecule has 24 heavy (non-hydrogen) atoms. The summed E-state index contributed by atoms with van der Waals surface area (Å²) in [5.74, 6) is 0.0799. The Bertz CT molecular complexity index is 874. The number of nitrogens with one attached hydrogen (secondary N) is 1. The number of rotatable bonds is 7. The van der Waals surface area contributed by atoms with Crippen molar-refractivity contribution >= 4 is 19.9 Å². The van der Waals surface area contributed by atoms with E-state index in [1.807, 2.05) is 37.3 Å². The van der Waals surface area contributed by atoms with Crippen molar-refractivity contribution in [3.05, 3.63) is 60.2 Å². The van der Waals surface area contributed by atoms with E-state index in [1.54, 1.807) is 0 Å². The lowest BCUT2D eigenvalue weighted by Gasteiger charge is -2.16. The van der Waals surface area contributed by atoms with Gasteiger partial charge in [0.1, 0.15) is 0 Å². The first-order chi connectivity index (χ1) is 11.2. The molecular formula is C17H21NO4S2. The molecule has 0 amide bonds. The van der Waals surface area contributed by atoms with Crippen molar-refractivity contribution in [3.63, 3.8) is 0 Å². The molecule has 0 bridgehead atoms. The second-order valence-corrected chi connectivity index (χ2v) is 9.39. The van der Waals surface area contributed by atoms with Crippen molar-refractivity contribution in [1.82, 2.24) is 4.72 Å². The zero-order valence-electron chi connectivity index (χ0n) is 13.6. The van der Waals surface area contributed by atoms with Gasteiger partial charge in [-0.25, -0.2) is 21.6 Å². The van der Waals surface area contributed by atoms with Crippen molar-refractivity contribution in [3.8, 4) is 0 Å². The van der Waals surface area contributed by atoms with Crippen LogP contribution in [0.2, 0.25) is 0 Å². The normalized spacial score (nSPS) is 13.6. The van der Waals surface area contributed by atoms with Gasteiger partial charge < -0.3 is 0 Å². The van der Waals surface area contributed by atoms with Gasteiger partial charge in [-0.05, 0) is 42.2 Å². The minimum Gasteiger partial charge on any atom is -0.224 e. The Hall–Kier alpha value is -1.70. The van der Waals surface area contributed by atoms with Gasteiger partial charge in [-0.1, -0.05) is 37.3 Å². The first-order valence-electron chi connectivity index (χ1n) is 7.59. The lowest BCUT2D eigenvalue weighted by molar-refractivity contribution is 0.565. The highest BCUT2D eigenvalue weighted by Gasteiger charge is 2.18. The van der Waals surface area contributed by atoms with Crippen LogP contribution in [0, 0.1) is 0 Å². The van der Waals surface area contributed by atoms with Crippen LogP contribution in [-0.4, -0.2) is 29.6 Å². The summed E-state index contributed by atoms with van der Waals surface area (Å²) >= 11 is 0. The lowest BCUT2D eigenvalue weighted by atomic mass is 9.97. The second-order valence-electron chi connectivity index (χ2n) is 5.61. The summed E-state index contributed by atoms with van der Waals surface area (Å²) in [4.78, 5) is 0.148. The highest BCUT2D eigenvalue weighted by atomic mass is 32.2. The predicted molar refractivity (Wildman–Crippen MR) is 94.2 cm³/mol. The Labute approximate surface area is 143 Å². The van der Waals surface area contributed by atoms with Crippen molar-refractivity contribution in [2.75, 3.05) is 12.8 Å². The topological polar surface area (TPSA) is 80.3 Å². The zero-order chi connectivity index (χ0) is 17.8. The molecule has 0 heterocycles. The highest BCUT2D eigenvalue weighted by molar-refractivity contribution is 7.90. The molecule has 0 saturated carbocycles. The summed E-state index contributed by atoms with van der Waals surface area (Å²) in [6.07, 6.45) is 1.89. The van der Waals surface area contributed by atoms with Crippen LogP contribution in [0.1, 0.15) is 24.8 Å². The minimum atomic E-state index is -3.68. The highest BCUT2D eigenvalue weighted by Crippen LogP contribution is 2.20. The van der Waals surface area contributed by atoms with Crippen LogP contribution in [0.5, 0.6) is 0 Å². The maximum atomic E-state index is 12.4. The molecule has 0 aliphatic rings. The van der Waals surface area contributed by atoms with Crippen molar-refractivity contribution in [2.24, 2.45) is 0 Å². The number of benzene rings is 2. The quantitative estimate of drug-likeness (QED) is 0.815. The first-order valence-corrected chi connectivity index (χ1v) is 11.0. The zero-order valence-corrected chi connectivity index (χ0v) is 15.3. The fourth-order valence-electron chi connectivity index (χ4n) is 2.38. The molecule has 5 nitrogen and oxygen atoms in total. The monoisotopic (exact) mass is 367 g/mol. The fraction of sp³-hybridized carbons (Fsp3) is 0.294. The van der Waals surface area contributed by atoms with E-state index in [-0.39, 0.29) is 22.3 Å². The summed E-state index contributed by atoms with van der Waals surface area (Å²) in [5.41, 5.74) is 1.08. The van der Waals surface area contributed by atoms with Crippen molar-refractivity contribution < 1.29 is 16.8 Å². The van der Waals surface area contributed by atoms with Gasteiger partial charge >= 0.3 is 0 Å². The van der Waals surface area contributed by atoms with E-state index in [1.165, 1.54) is 24.3 Å². The van der Waals surface area contributed by atoms with E-state index in [9.17, 15) is 16.8 Å². The fourth-order valence-corrected chi connectivity index (χ4v) is 4.09. The summed E-state index contributed by atoms with van der Waals surface area (Å²) in [5, 5.41) is 0. The molecule has 1 N–H and O–H groups in total. The van der Waals surface area contributed by atoms with Crippen LogP contribution in [0.15, 0.2) is 64.4 Å². The molecule has 1 atom stereocenters. The van der Waals surface area contributed by atoms with E-state index >= 15 is 0 Å². The van der Waals surface area contributed by atoms with Gasteiger partial charge in [0.2, 0.25) is 10.0 Å². The molecule has 0 radical (unpaired) electrons. The molecule has 0 aliphatic heterocycles. The maximum Gasteiger partial charge on any atom is 0.240 e. The van der Waals surface area contributed by atoms with Gasteiger partial charge in [-0.2, -0.15) is 0 Å². The van der Waals surface area contributed by atoms with Gasteiger partial charge in [0.25, 0.3) is 0 Å². The third-order valence-corrected chi connectivity index (χ3v) is 6.41. The Morgan fingerprint density at radius 1 is 0.875 bits per heavy atom. The number of sulfonamides is 1. The Balaban J connectivity index is 2.13. The largest absolute Gasteiger partial charge is 0.240 e. The number of hydrogen-bond acceptors (Lipinski definition) is 4. The van der Waals surface area contributed by atoms with Crippen LogP contribution >= 0.6 is 0 Å². The molecule has 2 aromatic carbocycles. The van der Waals surface area contributed by atoms with Crippen molar-refractivity contribution in [2.45, 2.75) is 29.1 Å². The molecule has 7 heteroatoms. The van der Waals surface area contributed by atoms with Crippen LogP contribution < -0.4 is 4.72 Å². The van der Waals surface area contributed by atoms with Crippen LogP contribution in [0.3, 0.4) is 0 Å². The molecule has 130 valence electrons. The summed E-state index contributed by atoms with van der Waals surface area (Å²) in [7, 11) is -7.03. The molecule has 0 saturated heterocycles. The number of sulfone groups is 1. The maximum absolute atomic E-state index is 12.4. The molecule has 0 spiro atoms. The van der Waals surface area contributed by atoms with Gasteiger partial charge in [0.15, 0.2) is 9.84 Å². The van der Waals surface area contributed by atoms with Crippen LogP contribution in [0.4, 0.5) is 0 Å². The SMILES string of the molecule is CCC(CNS(=O)(=O)c1ccc(S(C)(=O)=O)cc1)c1ccccc1. The predicted octanol–water partition coefficient (Wildman–Crippen LogP) is 2.56. The van der Waals surface area contributed by atoms with Crippen molar-refractivity contribution in [1.29, 1.82) is 0 Å². The van der Waals surface area contributed by atoms with Gasteiger partial charge in [0, 0.05) is 12.8 Å². The minimum absolute atomic E-state index is 0.0535. The van der Waals surface area contributed by atoms with E-state index in [0.717, 1.165) is 18.2 Å². The molecule has 2 aromatic rings. The molecule has 0 fully saturated rings. The van der Waals surface area contributed by atoms with Crippen LogP contribution in [0.25, 0.3) is 0 Å². The average molecular weight is 367 g/mol. The van der Waals surface area contributed by atoms with E-state index in [2.05, 4.69) is 4.72 Å². The van der Waals surface area contributed by atoms with Gasteiger partial charge in [-0.15, -0.1) is 0 Å². The van der Waals surface area contributed by atoms with E-state index in [0.29, 0.717) is 0 Å². The Morgan fingerprint density at radius 3 is 1.92 bits per heavy atom. The summed E-state index contributed by atoms with van der Waals surface area (Å²) in [6, 6.07) is 14.9. The van der Waals surface area contributed by atoms with E-state index in [4.69, 9.17) is 0 Å². The Morgan fingerprint density at radius 2 is 1.42 bits per heavy atom. The smallest absolute Gasteiger partial charge is 0.224 e. The molecule has 0 aromatic heterocycles. The van der Waals surface area contributed by atoms with Gasteiger partial charge in [0.05, 0.1) is 9.79 Å². The standard InChI is InChI=1S/C17H21NO4S2/c1-3-14(15-7-5-4-6-8-15)13-18-24(21,22)17-11-9-16(10-12-17)23(2,19)20/h4-12,14,18H,3,13H2,1-2H3. The number of hydrogen-bond donors (Lipinski definition) is 1. The molecule has 0 aliphatic carbocycles. The van der Waals surface area contributed by atoms with E-state index < -0.39 is 19.9 Å². The van der Waals surface area contributed by atoms with Crippen LogP contribution in [-0.2, 0) is 19.9 Å². The first kappa shape index (κ1) is 18.6. The third-order valence-electron chi connectivity index (χ3n) is 3.85.